The summed E-state index contributed by atoms with van der Waals surface area (Å²) in [6.45, 7) is 7.55. The van der Waals surface area contributed by atoms with Crippen LogP contribution in [0.15, 0.2) is 53.6 Å². The fourth-order valence-corrected chi connectivity index (χ4v) is 5.95. The van der Waals surface area contributed by atoms with E-state index in [-0.39, 0.29) is 30.6 Å². The SMILES string of the molecule is CB(O)N1CCC(n2cc3cc4[nH]c(-c5c(NC[C@@H](O)COc6ccc(C)cc6C)cc[nH]c5=O)nc4cc3c2O)CC1. The number of imidazole rings is 1. The van der Waals surface area contributed by atoms with Crippen molar-refractivity contribution >= 4 is 34.5 Å². The number of aryl methyl sites for hydroxylation is 2. The molecule has 1 atom stereocenters. The average molecular weight is 584 g/mol. The summed E-state index contributed by atoms with van der Waals surface area (Å²) in [7, 11) is -0.473. The summed E-state index contributed by atoms with van der Waals surface area (Å²) in [4.78, 5) is 25.7. The lowest BCUT2D eigenvalue weighted by Gasteiger charge is -2.33. The molecule has 1 aliphatic heterocycles. The van der Waals surface area contributed by atoms with Crippen LogP contribution >= 0.6 is 0 Å². The highest BCUT2D eigenvalue weighted by molar-refractivity contribution is 6.45. The first-order valence-electron chi connectivity index (χ1n) is 14.7. The number of nitrogens with one attached hydrogen (secondary N) is 3. The van der Waals surface area contributed by atoms with E-state index in [1.54, 1.807) is 19.1 Å². The average Bonchev–Trinajstić information content (AvgIpc) is 3.54. The second kappa shape index (κ2) is 11.8. The zero-order valence-electron chi connectivity index (χ0n) is 24.6. The predicted molar refractivity (Wildman–Crippen MR) is 169 cm³/mol. The van der Waals surface area contributed by atoms with Gasteiger partial charge in [-0.1, -0.05) is 17.7 Å². The van der Waals surface area contributed by atoms with Crippen molar-refractivity contribution in [3.05, 3.63) is 70.3 Å². The molecule has 6 rings (SSSR count). The minimum atomic E-state index is -0.817. The quantitative estimate of drug-likeness (QED) is 0.143. The summed E-state index contributed by atoms with van der Waals surface area (Å²) in [6.07, 6.45) is 4.35. The Kier molecular flexibility index (Phi) is 7.91. The third-order valence-corrected chi connectivity index (χ3v) is 8.33. The number of pyridine rings is 1. The van der Waals surface area contributed by atoms with Crippen LogP contribution in [0.5, 0.6) is 11.6 Å². The van der Waals surface area contributed by atoms with Crippen molar-refractivity contribution < 1.29 is 20.0 Å². The first-order valence-corrected chi connectivity index (χ1v) is 14.7. The monoisotopic (exact) mass is 584 g/mol. The molecule has 11 nitrogen and oxygen atoms in total. The number of aliphatic hydroxyl groups is 1. The van der Waals surface area contributed by atoms with E-state index < -0.39 is 13.2 Å². The highest BCUT2D eigenvalue weighted by atomic mass is 16.5. The molecule has 0 aliphatic carbocycles. The fourth-order valence-electron chi connectivity index (χ4n) is 5.95. The number of hydrogen-bond donors (Lipinski definition) is 6. The summed E-state index contributed by atoms with van der Waals surface area (Å²) in [5, 5.41) is 36.3. The zero-order valence-corrected chi connectivity index (χ0v) is 24.6. The van der Waals surface area contributed by atoms with Crippen LogP contribution in [-0.4, -0.2) is 79.0 Å². The molecule has 1 aliphatic rings. The van der Waals surface area contributed by atoms with E-state index in [1.807, 2.05) is 59.8 Å². The maximum atomic E-state index is 13.0. The summed E-state index contributed by atoms with van der Waals surface area (Å²) >= 11 is 0. The number of H-pyrrole nitrogens is 2. The van der Waals surface area contributed by atoms with Gasteiger partial charge in [-0.3, -0.25) is 4.79 Å². The Hall–Kier alpha value is -4.26. The highest BCUT2D eigenvalue weighted by Crippen LogP contribution is 2.36. The van der Waals surface area contributed by atoms with Crippen LogP contribution in [0.3, 0.4) is 0 Å². The van der Waals surface area contributed by atoms with Gasteiger partial charge < -0.3 is 44.6 Å². The molecule has 0 bridgehead atoms. The van der Waals surface area contributed by atoms with Gasteiger partial charge >= 0.3 is 7.05 Å². The number of piperidine rings is 1. The van der Waals surface area contributed by atoms with E-state index in [0.717, 1.165) is 53.7 Å². The lowest BCUT2D eigenvalue weighted by atomic mass is 9.82. The van der Waals surface area contributed by atoms with Gasteiger partial charge in [0.15, 0.2) is 5.88 Å². The van der Waals surface area contributed by atoms with E-state index in [9.17, 15) is 20.0 Å². The predicted octanol–water partition coefficient (Wildman–Crippen LogP) is 3.79. The number of rotatable bonds is 9. The van der Waals surface area contributed by atoms with Crippen molar-refractivity contribution in [1.82, 2.24) is 24.3 Å². The Labute approximate surface area is 249 Å². The molecule has 6 N–H and O–H groups in total. The molecule has 12 heteroatoms. The van der Waals surface area contributed by atoms with Crippen LogP contribution in [0.1, 0.15) is 30.0 Å². The van der Waals surface area contributed by atoms with Crippen LogP contribution in [0.4, 0.5) is 5.69 Å². The molecule has 0 unspecified atom stereocenters. The van der Waals surface area contributed by atoms with Crippen molar-refractivity contribution in [2.24, 2.45) is 0 Å². The number of nitrogens with zero attached hydrogens (tertiary/aromatic N) is 3. The molecule has 1 saturated heterocycles. The molecule has 4 heterocycles. The van der Waals surface area contributed by atoms with Gasteiger partial charge in [0.25, 0.3) is 5.56 Å². The minimum absolute atomic E-state index is 0.0960. The van der Waals surface area contributed by atoms with Gasteiger partial charge in [-0.2, -0.15) is 0 Å². The lowest BCUT2D eigenvalue weighted by molar-refractivity contribution is 0.117. The first-order chi connectivity index (χ1) is 20.7. The number of aromatic amines is 2. The molecule has 43 heavy (non-hydrogen) atoms. The molecule has 0 saturated carbocycles. The van der Waals surface area contributed by atoms with E-state index in [0.29, 0.717) is 28.0 Å². The normalized spacial score (nSPS) is 15.3. The van der Waals surface area contributed by atoms with Crippen LogP contribution in [0.25, 0.3) is 33.2 Å². The number of aliphatic hydroxyl groups excluding tert-OH is 1. The van der Waals surface area contributed by atoms with Crippen LogP contribution in [-0.2, 0) is 0 Å². The number of ether oxygens (including phenoxy) is 1. The van der Waals surface area contributed by atoms with Gasteiger partial charge in [0.2, 0.25) is 0 Å². The smallest absolute Gasteiger partial charge is 0.376 e. The van der Waals surface area contributed by atoms with E-state index >= 15 is 0 Å². The van der Waals surface area contributed by atoms with Gasteiger partial charge in [-0.15, -0.1) is 0 Å². The van der Waals surface area contributed by atoms with E-state index in [4.69, 9.17) is 9.72 Å². The molecular formula is C31H37BN6O5. The Bertz CT molecular complexity index is 1820. The third kappa shape index (κ3) is 5.86. The van der Waals surface area contributed by atoms with Gasteiger partial charge in [0, 0.05) is 35.8 Å². The summed E-state index contributed by atoms with van der Waals surface area (Å²) < 4.78 is 7.73. The number of benzene rings is 2. The molecule has 0 spiro atoms. The van der Waals surface area contributed by atoms with Gasteiger partial charge in [-0.25, -0.2) is 4.98 Å². The van der Waals surface area contributed by atoms with Crippen molar-refractivity contribution in [2.75, 3.05) is 31.6 Å². The van der Waals surface area contributed by atoms with Crippen molar-refractivity contribution in [3.8, 4) is 23.0 Å². The van der Waals surface area contributed by atoms with Gasteiger partial charge in [0.05, 0.1) is 16.7 Å². The molecule has 0 amide bonds. The summed E-state index contributed by atoms with van der Waals surface area (Å²) in [6, 6.07) is 11.5. The second-order valence-corrected chi connectivity index (χ2v) is 11.5. The molecule has 2 aromatic carbocycles. The molecule has 224 valence electrons. The summed E-state index contributed by atoms with van der Waals surface area (Å²) in [5.41, 5.74) is 4.02. The number of hydrogen-bond acceptors (Lipinski definition) is 8. The molecule has 1 fully saturated rings. The highest BCUT2D eigenvalue weighted by Gasteiger charge is 2.27. The van der Waals surface area contributed by atoms with E-state index in [2.05, 4.69) is 15.3 Å². The maximum absolute atomic E-state index is 13.0. The molecule has 5 aromatic rings. The Balaban J connectivity index is 1.20. The number of fused-ring (bicyclic) bond motifs is 2. The van der Waals surface area contributed by atoms with Gasteiger partial charge in [-0.05, 0) is 76.4 Å². The Morgan fingerprint density at radius 1 is 1.19 bits per heavy atom. The van der Waals surface area contributed by atoms with Crippen molar-refractivity contribution in [3.63, 3.8) is 0 Å². The van der Waals surface area contributed by atoms with Crippen molar-refractivity contribution in [2.45, 2.75) is 45.7 Å². The van der Waals surface area contributed by atoms with E-state index in [1.165, 1.54) is 0 Å². The molecule has 0 radical (unpaired) electrons. The summed E-state index contributed by atoms with van der Waals surface area (Å²) in [5.74, 6) is 1.29. The van der Waals surface area contributed by atoms with Gasteiger partial charge in [0.1, 0.15) is 29.8 Å². The molecular weight excluding hydrogens is 547 g/mol. The number of anilines is 1. The second-order valence-electron chi connectivity index (χ2n) is 11.5. The number of aromatic hydroxyl groups is 1. The number of aromatic nitrogens is 4. The van der Waals surface area contributed by atoms with Crippen LogP contribution < -0.4 is 15.6 Å². The topological polar surface area (TPSA) is 152 Å². The Morgan fingerprint density at radius 2 is 1.98 bits per heavy atom. The lowest BCUT2D eigenvalue weighted by Crippen LogP contribution is -2.43. The van der Waals surface area contributed by atoms with Crippen molar-refractivity contribution in [1.29, 1.82) is 0 Å². The zero-order chi connectivity index (χ0) is 30.2. The fraction of sp³-hybridized carbons (Fsp3) is 0.355. The largest absolute Gasteiger partial charge is 0.494 e. The first kappa shape index (κ1) is 28.8. The van der Waals surface area contributed by atoms with Crippen LogP contribution in [0.2, 0.25) is 6.82 Å². The maximum Gasteiger partial charge on any atom is 0.376 e. The third-order valence-electron chi connectivity index (χ3n) is 8.33. The minimum Gasteiger partial charge on any atom is -0.494 e. The molecule has 3 aromatic heterocycles. The Morgan fingerprint density at radius 3 is 2.72 bits per heavy atom. The standard InChI is InChI=1S/C31H37BN6O5/c1-18-4-5-27(19(2)12-18)43-17-22(39)15-34-24-6-9-33-30(40)28(24)29-35-25-13-20-16-38(31(41)23(20)14-26(25)36-29)21-7-10-37(11-8-21)32(3)42/h4-6,9,12-14,16,21-22,39,41-42H,7-8,10-11,15,17H2,1-3H3,(H,35,36)(H2,33,34,40)/t22-/m1/s1. The van der Waals surface area contributed by atoms with Crippen LogP contribution in [0, 0.1) is 13.8 Å².